The predicted molar refractivity (Wildman–Crippen MR) is 147 cm³/mol. The number of aryl methyl sites for hydroxylation is 1. The number of nitrogens with zero attached hydrogens (tertiary/aromatic N) is 1. The average molecular weight is 499 g/mol. The Kier molecular flexibility index (Phi) is 9.36. The first-order valence-electron chi connectivity index (χ1n) is 13.3. The smallest absolute Gasteiger partial charge is 0.243 e. The molecule has 1 saturated carbocycles. The summed E-state index contributed by atoms with van der Waals surface area (Å²) < 4.78 is 5.27. The molecule has 1 N–H and O–H groups in total. The van der Waals surface area contributed by atoms with Crippen molar-refractivity contribution in [1.82, 2.24) is 10.2 Å². The molecule has 0 bridgehead atoms. The summed E-state index contributed by atoms with van der Waals surface area (Å²) in [5.74, 6) is 0.627. The highest BCUT2D eigenvalue weighted by molar-refractivity contribution is 5.89. The molecule has 3 aromatic carbocycles. The van der Waals surface area contributed by atoms with E-state index in [0.717, 1.165) is 53.7 Å². The highest BCUT2D eigenvalue weighted by Crippen LogP contribution is 2.21. The fourth-order valence-corrected chi connectivity index (χ4v) is 5.09. The summed E-state index contributed by atoms with van der Waals surface area (Å²) in [5, 5.41) is 3.30. The number of methoxy groups -OCH3 is 1. The maximum atomic E-state index is 13.9. The molecule has 0 radical (unpaired) electrons. The zero-order valence-electron chi connectivity index (χ0n) is 22.0. The number of rotatable bonds is 10. The summed E-state index contributed by atoms with van der Waals surface area (Å²) in [7, 11) is 1.63. The third kappa shape index (κ3) is 7.45. The Balaban J connectivity index is 1.65. The summed E-state index contributed by atoms with van der Waals surface area (Å²) in [6.45, 7) is 2.44. The van der Waals surface area contributed by atoms with E-state index in [1.807, 2.05) is 72.8 Å². The van der Waals surface area contributed by atoms with Gasteiger partial charge in [0.05, 0.1) is 13.5 Å². The van der Waals surface area contributed by atoms with Crippen LogP contribution in [0.15, 0.2) is 78.9 Å². The van der Waals surface area contributed by atoms with Gasteiger partial charge in [0, 0.05) is 19.0 Å². The van der Waals surface area contributed by atoms with E-state index in [2.05, 4.69) is 18.3 Å². The Hall–Kier alpha value is -3.60. The molecule has 0 aromatic heterocycles. The van der Waals surface area contributed by atoms with Gasteiger partial charge in [-0.05, 0) is 54.2 Å². The van der Waals surface area contributed by atoms with Crippen LogP contribution in [0.2, 0.25) is 0 Å². The molecule has 1 unspecified atom stereocenters. The average Bonchev–Trinajstić information content (AvgIpc) is 2.93. The van der Waals surface area contributed by atoms with Crippen molar-refractivity contribution in [2.24, 2.45) is 0 Å². The standard InChI is InChI=1S/C32H38N2O3/c1-24-11-9-10-14-27(24)23-34(31(35)22-26-17-19-29(37-2)20-18-26)30(21-25-12-5-3-6-13-25)32(36)33-28-15-7-4-8-16-28/h3,5-6,9-14,17-20,28,30H,4,7-8,15-16,21-23H2,1-2H3,(H,33,36). The van der Waals surface area contributed by atoms with Gasteiger partial charge in [0.15, 0.2) is 0 Å². The number of amides is 2. The van der Waals surface area contributed by atoms with Crippen molar-refractivity contribution in [1.29, 1.82) is 0 Å². The molecule has 2 amide bonds. The third-order valence-electron chi connectivity index (χ3n) is 7.34. The van der Waals surface area contributed by atoms with Crippen LogP contribution >= 0.6 is 0 Å². The highest BCUT2D eigenvalue weighted by atomic mass is 16.5. The van der Waals surface area contributed by atoms with Crippen molar-refractivity contribution in [3.63, 3.8) is 0 Å². The van der Waals surface area contributed by atoms with Crippen LogP contribution in [0.4, 0.5) is 0 Å². The first-order chi connectivity index (χ1) is 18.0. The van der Waals surface area contributed by atoms with Crippen LogP contribution in [0.3, 0.4) is 0 Å². The molecular formula is C32H38N2O3. The number of ether oxygens (including phenoxy) is 1. The lowest BCUT2D eigenvalue weighted by atomic mass is 9.94. The molecule has 4 rings (SSSR count). The SMILES string of the molecule is COc1ccc(CC(=O)N(Cc2ccccc2C)C(Cc2ccccc2)C(=O)NC2CCCCC2)cc1. The molecule has 0 aliphatic heterocycles. The summed E-state index contributed by atoms with van der Waals surface area (Å²) in [6, 6.07) is 25.2. The minimum atomic E-state index is -0.602. The fourth-order valence-electron chi connectivity index (χ4n) is 5.09. The number of carbonyl (C=O) groups excluding carboxylic acids is 2. The lowest BCUT2D eigenvalue weighted by Crippen LogP contribution is -2.53. The van der Waals surface area contributed by atoms with Crippen LogP contribution < -0.4 is 10.1 Å². The van der Waals surface area contributed by atoms with Gasteiger partial charge in [-0.3, -0.25) is 9.59 Å². The van der Waals surface area contributed by atoms with Crippen molar-refractivity contribution in [3.8, 4) is 5.75 Å². The van der Waals surface area contributed by atoms with Crippen LogP contribution in [-0.4, -0.2) is 35.9 Å². The van der Waals surface area contributed by atoms with Gasteiger partial charge in [0.25, 0.3) is 0 Å². The van der Waals surface area contributed by atoms with Gasteiger partial charge in [-0.25, -0.2) is 0 Å². The Morgan fingerprint density at radius 2 is 1.57 bits per heavy atom. The quantitative estimate of drug-likeness (QED) is 0.394. The highest BCUT2D eigenvalue weighted by Gasteiger charge is 2.32. The zero-order valence-corrected chi connectivity index (χ0v) is 22.0. The van der Waals surface area contributed by atoms with E-state index in [-0.39, 0.29) is 24.3 Å². The van der Waals surface area contributed by atoms with Gasteiger partial charge in [-0.15, -0.1) is 0 Å². The van der Waals surface area contributed by atoms with E-state index in [0.29, 0.717) is 13.0 Å². The summed E-state index contributed by atoms with van der Waals surface area (Å²) in [6.07, 6.45) is 6.19. The van der Waals surface area contributed by atoms with E-state index in [9.17, 15) is 9.59 Å². The Morgan fingerprint density at radius 3 is 2.24 bits per heavy atom. The number of nitrogens with one attached hydrogen (secondary N) is 1. The lowest BCUT2D eigenvalue weighted by Gasteiger charge is -2.34. The Morgan fingerprint density at radius 1 is 0.892 bits per heavy atom. The van der Waals surface area contributed by atoms with E-state index in [1.54, 1.807) is 12.0 Å². The van der Waals surface area contributed by atoms with Gasteiger partial charge in [-0.1, -0.05) is 86.0 Å². The van der Waals surface area contributed by atoms with E-state index < -0.39 is 6.04 Å². The van der Waals surface area contributed by atoms with Crippen molar-refractivity contribution >= 4 is 11.8 Å². The van der Waals surface area contributed by atoms with Gasteiger partial charge >= 0.3 is 0 Å². The minimum Gasteiger partial charge on any atom is -0.497 e. The molecular weight excluding hydrogens is 460 g/mol. The molecule has 5 nitrogen and oxygen atoms in total. The topological polar surface area (TPSA) is 58.6 Å². The van der Waals surface area contributed by atoms with Gasteiger partial charge < -0.3 is 15.0 Å². The first-order valence-corrected chi connectivity index (χ1v) is 13.3. The molecule has 1 fully saturated rings. The number of benzene rings is 3. The van der Waals surface area contributed by atoms with E-state index in [1.165, 1.54) is 6.42 Å². The van der Waals surface area contributed by atoms with Crippen LogP contribution in [0.5, 0.6) is 5.75 Å². The molecule has 194 valence electrons. The maximum Gasteiger partial charge on any atom is 0.243 e. The van der Waals surface area contributed by atoms with Crippen molar-refractivity contribution < 1.29 is 14.3 Å². The zero-order chi connectivity index (χ0) is 26.0. The summed E-state index contributed by atoms with van der Waals surface area (Å²) >= 11 is 0. The summed E-state index contributed by atoms with van der Waals surface area (Å²) in [4.78, 5) is 29.6. The van der Waals surface area contributed by atoms with Gasteiger partial charge in [0.1, 0.15) is 11.8 Å². The Labute approximate surface area is 220 Å². The van der Waals surface area contributed by atoms with Crippen LogP contribution in [-0.2, 0) is 29.0 Å². The van der Waals surface area contributed by atoms with E-state index in [4.69, 9.17) is 4.74 Å². The third-order valence-corrected chi connectivity index (χ3v) is 7.34. The molecule has 0 saturated heterocycles. The number of hydrogen-bond acceptors (Lipinski definition) is 3. The molecule has 0 heterocycles. The van der Waals surface area contributed by atoms with Crippen LogP contribution in [0.1, 0.15) is 54.4 Å². The Bertz CT molecular complexity index is 1150. The second-order valence-corrected chi connectivity index (χ2v) is 10.0. The minimum absolute atomic E-state index is 0.0619. The molecule has 1 aliphatic rings. The van der Waals surface area contributed by atoms with Crippen LogP contribution in [0, 0.1) is 6.92 Å². The normalized spacial score (nSPS) is 14.5. The van der Waals surface area contributed by atoms with Gasteiger partial charge in [-0.2, -0.15) is 0 Å². The monoisotopic (exact) mass is 498 g/mol. The fraction of sp³-hybridized carbons (Fsp3) is 0.375. The molecule has 1 aliphatic carbocycles. The first kappa shape index (κ1) is 26.5. The van der Waals surface area contributed by atoms with Crippen molar-refractivity contribution in [2.75, 3.05) is 7.11 Å². The second kappa shape index (κ2) is 13.1. The molecule has 5 heteroatoms. The summed E-state index contributed by atoms with van der Waals surface area (Å²) in [5.41, 5.74) is 4.09. The number of carbonyl (C=O) groups is 2. The van der Waals surface area contributed by atoms with Crippen molar-refractivity contribution in [2.45, 2.75) is 70.5 Å². The lowest BCUT2D eigenvalue weighted by molar-refractivity contribution is -0.141. The van der Waals surface area contributed by atoms with Gasteiger partial charge in [0.2, 0.25) is 11.8 Å². The predicted octanol–water partition coefficient (Wildman–Crippen LogP) is 5.64. The van der Waals surface area contributed by atoms with E-state index >= 15 is 0 Å². The molecule has 3 aromatic rings. The second-order valence-electron chi connectivity index (χ2n) is 10.0. The maximum absolute atomic E-state index is 13.9. The number of hydrogen-bond donors (Lipinski definition) is 1. The van der Waals surface area contributed by atoms with Crippen molar-refractivity contribution in [3.05, 3.63) is 101 Å². The van der Waals surface area contributed by atoms with Crippen LogP contribution in [0.25, 0.3) is 0 Å². The largest absolute Gasteiger partial charge is 0.497 e. The molecule has 1 atom stereocenters. The molecule has 37 heavy (non-hydrogen) atoms. The molecule has 0 spiro atoms.